The number of nitrogens with zero attached hydrogens (tertiary/aromatic N) is 2. The Hall–Kier alpha value is -4.28. The molecule has 1 amide bonds. The molecule has 0 aliphatic carbocycles. The molecule has 2 aromatic heterocycles. The number of anilines is 2. The van der Waals surface area contributed by atoms with E-state index in [1.807, 2.05) is 0 Å². The average molecular weight is 452 g/mol. The highest BCUT2D eigenvalue weighted by Gasteiger charge is 2.21. The molecule has 0 saturated heterocycles. The molecule has 1 atom stereocenters. The van der Waals surface area contributed by atoms with E-state index in [4.69, 9.17) is 5.73 Å². The van der Waals surface area contributed by atoms with Gasteiger partial charge in [-0.1, -0.05) is 6.92 Å². The maximum atomic E-state index is 12.4. The number of H-pyrrole nitrogens is 1. The molecule has 0 aliphatic rings. The van der Waals surface area contributed by atoms with Gasteiger partial charge in [0.2, 0.25) is 0 Å². The molecule has 2 heterocycles. The number of hydrogen-bond donors (Lipinski definition) is 5. The van der Waals surface area contributed by atoms with Crippen LogP contribution in [0.2, 0.25) is 0 Å². The normalized spacial score (nSPS) is 11.7. The van der Waals surface area contributed by atoms with Crippen molar-refractivity contribution in [1.29, 1.82) is 0 Å². The van der Waals surface area contributed by atoms with Crippen molar-refractivity contribution in [3.8, 4) is 0 Å². The fourth-order valence-electron chi connectivity index (χ4n) is 3.08. The van der Waals surface area contributed by atoms with Crippen molar-refractivity contribution in [3.05, 3.63) is 58.1 Å². The Balaban J connectivity index is 1.61. The molecule has 172 valence electrons. The zero-order valence-corrected chi connectivity index (χ0v) is 17.9. The number of pyridine rings is 1. The summed E-state index contributed by atoms with van der Waals surface area (Å²) < 4.78 is 0. The number of carboxylic acids is 1. The zero-order chi connectivity index (χ0) is 24.0. The molecule has 11 nitrogen and oxygen atoms in total. The van der Waals surface area contributed by atoms with Gasteiger partial charge in [0.25, 0.3) is 11.5 Å². The molecule has 0 saturated carbocycles. The number of fused-ring (bicyclic) bond motifs is 1. The van der Waals surface area contributed by atoms with Crippen molar-refractivity contribution in [2.75, 3.05) is 11.1 Å². The van der Waals surface area contributed by atoms with E-state index >= 15 is 0 Å². The van der Waals surface area contributed by atoms with E-state index in [9.17, 15) is 24.3 Å². The van der Waals surface area contributed by atoms with E-state index < -0.39 is 23.5 Å². The number of carbonyl (C=O) groups excluding carboxylic acids is 2. The number of Topliss-reactive ketones (excluding diaryl/α,β-unsaturated/α-hetero) is 1. The number of nitrogens with two attached hydrogens (primary N) is 1. The molecule has 11 heteroatoms. The number of benzene rings is 1. The van der Waals surface area contributed by atoms with Crippen molar-refractivity contribution in [1.82, 2.24) is 20.3 Å². The molecule has 0 fully saturated rings. The molecule has 0 bridgehead atoms. The average Bonchev–Trinajstić information content (AvgIpc) is 2.80. The van der Waals surface area contributed by atoms with Gasteiger partial charge in [-0.05, 0) is 30.7 Å². The first kappa shape index (κ1) is 23.4. The smallest absolute Gasteiger partial charge is 0.326 e. The van der Waals surface area contributed by atoms with Crippen LogP contribution in [-0.2, 0) is 16.1 Å². The number of hydrogen-bond acceptors (Lipinski definition) is 8. The first-order valence-corrected chi connectivity index (χ1v) is 10.3. The Labute approximate surface area is 188 Å². The SMILES string of the molecule is CCC(=O)CC[C@H](NC(=O)c1ccc(NCc2cnc3cc(N)[nH]c(=O)c3n2)cc1)C(=O)O. The molecule has 3 rings (SSSR count). The molecule has 3 aromatic rings. The summed E-state index contributed by atoms with van der Waals surface area (Å²) in [6, 6.07) is 6.80. The topological polar surface area (TPSA) is 180 Å². The molecule has 0 aliphatic heterocycles. The first-order valence-electron chi connectivity index (χ1n) is 10.3. The third-order valence-corrected chi connectivity index (χ3v) is 4.95. The predicted molar refractivity (Wildman–Crippen MR) is 122 cm³/mol. The molecule has 0 unspecified atom stereocenters. The predicted octanol–water partition coefficient (Wildman–Crippen LogP) is 1.45. The van der Waals surface area contributed by atoms with Gasteiger partial charge in [0.1, 0.15) is 17.6 Å². The number of aromatic amines is 1. The Morgan fingerprint density at radius 1 is 1.21 bits per heavy atom. The highest BCUT2D eigenvalue weighted by atomic mass is 16.4. The van der Waals surface area contributed by atoms with Crippen molar-refractivity contribution in [2.45, 2.75) is 38.8 Å². The number of rotatable bonds is 10. The maximum absolute atomic E-state index is 12.4. The largest absolute Gasteiger partial charge is 0.480 e. The van der Waals surface area contributed by atoms with Crippen LogP contribution in [0.3, 0.4) is 0 Å². The minimum absolute atomic E-state index is 0.0373. The molecule has 33 heavy (non-hydrogen) atoms. The van der Waals surface area contributed by atoms with Crippen LogP contribution in [0.4, 0.5) is 11.5 Å². The second kappa shape index (κ2) is 10.4. The lowest BCUT2D eigenvalue weighted by Gasteiger charge is -2.14. The summed E-state index contributed by atoms with van der Waals surface area (Å²) in [5.41, 5.74) is 7.25. The quantitative estimate of drug-likeness (QED) is 0.304. The molecule has 6 N–H and O–H groups in total. The van der Waals surface area contributed by atoms with Crippen LogP contribution in [0.15, 0.2) is 41.3 Å². The van der Waals surface area contributed by atoms with E-state index in [0.717, 1.165) is 0 Å². The number of nitrogen functional groups attached to an aromatic ring is 1. The highest BCUT2D eigenvalue weighted by molar-refractivity contribution is 5.97. The van der Waals surface area contributed by atoms with Crippen molar-refractivity contribution in [2.24, 2.45) is 0 Å². The standard InChI is InChI=1S/C22H24N6O5/c1-2-15(29)7-8-16(22(32)33)27-20(30)12-3-5-13(6-4-12)24-10-14-11-25-17-9-18(23)28-21(31)19(17)26-14/h3-6,9,11,16,24H,2,7-8,10H2,1H3,(H,27,30)(H,32,33)(H3,23,28,31)/t16-/m0/s1. The van der Waals surface area contributed by atoms with Gasteiger partial charge in [0.15, 0.2) is 5.52 Å². The fourth-order valence-corrected chi connectivity index (χ4v) is 3.08. The molecular formula is C22H24N6O5. The summed E-state index contributed by atoms with van der Waals surface area (Å²) in [4.78, 5) is 58.2. The number of aromatic nitrogens is 3. The third kappa shape index (κ3) is 6.12. The molecular weight excluding hydrogens is 428 g/mol. The van der Waals surface area contributed by atoms with Crippen LogP contribution in [0.5, 0.6) is 0 Å². The van der Waals surface area contributed by atoms with Gasteiger partial charge in [0, 0.05) is 30.2 Å². The van der Waals surface area contributed by atoms with Crippen LogP contribution in [0.25, 0.3) is 11.0 Å². The Morgan fingerprint density at radius 3 is 2.61 bits per heavy atom. The number of nitrogens with one attached hydrogen (secondary N) is 3. The van der Waals surface area contributed by atoms with Gasteiger partial charge in [0.05, 0.1) is 24.0 Å². The van der Waals surface area contributed by atoms with E-state index in [1.165, 1.54) is 12.3 Å². The van der Waals surface area contributed by atoms with Gasteiger partial charge in [-0.2, -0.15) is 0 Å². The number of amides is 1. The Morgan fingerprint density at radius 2 is 1.94 bits per heavy atom. The lowest BCUT2D eigenvalue weighted by Crippen LogP contribution is -2.41. The van der Waals surface area contributed by atoms with Gasteiger partial charge in [-0.3, -0.25) is 19.4 Å². The van der Waals surface area contributed by atoms with Gasteiger partial charge < -0.3 is 26.5 Å². The van der Waals surface area contributed by atoms with Crippen LogP contribution in [-0.4, -0.2) is 43.8 Å². The number of aliphatic carboxylic acids is 1. The lowest BCUT2D eigenvalue weighted by atomic mass is 10.1. The van der Waals surface area contributed by atoms with Crippen molar-refractivity contribution in [3.63, 3.8) is 0 Å². The number of ketones is 1. The van der Waals surface area contributed by atoms with Gasteiger partial charge in [-0.25, -0.2) is 9.78 Å². The maximum Gasteiger partial charge on any atom is 0.326 e. The van der Waals surface area contributed by atoms with Crippen LogP contribution in [0, 0.1) is 0 Å². The van der Waals surface area contributed by atoms with Crippen LogP contribution in [0.1, 0.15) is 42.2 Å². The fraction of sp³-hybridized carbons (Fsp3) is 0.273. The van der Waals surface area contributed by atoms with E-state index in [1.54, 1.807) is 31.2 Å². The highest BCUT2D eigenvalue weighted by Crippen LogP contribution is 2.13. The Bertz CT molecular complexity index is 1240. The third-order valence-electron chi connectivity index (χ3n) is 4.95. The van der Waals surface area contributed by atoms with Crippen LogP contribution < -0.4 is 21.9 Å². The molecule has 0 spiro atoms. The van der Waals surface area contributed by atoms with E-state index in [-0.39, 0.29) is 42.1 Å². The van der Waals surface area contributed by atoms with Crippen LogP contribution >= 0.6 is 0 Å². The number of carboxylic acid groups (broad SMARTS) is 1. The summed E-state index contributed by atoms with van der Waals surface area (Å²) in [5.74, 6) is -1.59. The lowest BCUT2D eigenvalue weighted by molar-refractivity contribution is -0.139. The molecule has 1 aromatic carbocycles. The van der Waals surface area contributed by atoms with Gasteiger partial charge in [-0.15, -0.1) is 0 Å². The summed E-state index contributed by atoms with van der Waals surface area (Å²) in [6.45, 7) is 1.99. The van der Waals surface area contributed by atoms with Crippen molar-refractivity contribution >= 4 is 40.2 Å². The second-order valence-electron chi connectivity index (χ2n) is 7.38. The van der Waals surface area contributed by atoms with E-state index in [0.29, 0.717) is 23.3 Å². The summed E-state index contributed by atoms with van der Waals surface area (Å²) in [5, 5.41) is 14.9. The first-order chi connectivity index (χ1) is 15.8. The molecule has 0 radical (unpaired) electrons. The van der Waals surface area contributed by atoms with Crippen molar-refractivity contribution < 1.29 is 19.5 Å². The summed E-state index contributed by atoms with van der Waals surface area (Å²) in [6.07, 6.45) is 1.99. The minimum atomic E-state index is -1.19. The monoisotopic (exact) mass is 452 g/mol. The summed E-state index contributed by atoms with van der Waals surface area (Å²) in [7, 11) is 0. The van der Waals surface area contributed by atoms with E-state index in [2.05, 4.69) is 25.6 Å². The second-order valence-corrected chi connectivity index (χ2v) is 7.38. The number of carbonyl (C=O) groups is 3. The summed E-state index contributed by atoms with van der Waals surface area (Å²) >= 11 is 0. The Kier molecular flexibility index (Phi) is 7.34. The zero-order valence-electron chi connectivity index (χ0n) is 17.9. The van der Waals surface area contributed by atoms with Gasteiger partial charge >= 0.3 is 5.97 Å². The minimum Gasteiger partial charge on any atom is -0.480 e.